The molecule has 0 fully saturated rings. The van der Waals surface area contributed by atoms with Crippen molar-refractivity contribution in [2.24, 2.45) is 0 Å². The Hall–Kier alpha value is -1.86. The molecule has 0 aliphatic heterocycles. The van der Waals surface area contributed by atoms with Gasteiger partial charge >= 0.3 is 0 Å². The summed E-state index contributed by atoms with van der Waals surface area (Å²) in [6, 6.07) is 18.0. The third-order valence-electron chi connectivity index (χ3n) is 2.80. The van der Waals surface area contributed by atoms with Gasteiger partial charge in [-0.3, -0.25) is 4.98 Å². The van der Waals surface area contributed by atoms with Crippen LogP contribution in [0.4, 0.5) is 0 Å². The molecular formula is C15H10ClN. The first kappa shape index (κ1) is 10.3. The van der Waals surface area contributed by atoms with E-state index in [-0.39, 0.29) is 0 Å². The van der Waals surface area contributed by atoms with Gasteiger partial charge in [-0.2, -0.15) is 0 Å². The average molecular weight is 240 g/mol. The van der Waals surface area contributed by atoms with Crippen molar-refractivity contribution in [3.8, 4) is 11.3 Å². The lowest BCUT2D eigenvalue weighted by molar-refractivity contribution is 1.36. The van der Waals surface area contributed by atoms with Crippen molar-refractivity contribution in [1.29, 1.82) is 0 Å². The number of pyridine rings is 1. The van der Waals surface area contributed by atoms with Gasteiger partial charge in [-0.15, -0.1) is 0 Å². The van der Waals surface area contributed by atoms with E-state index in [2.05, 4.69) is 23.2 Å². The molecule has 2 heteroatoms. The first-order chi connectivity index (χ1) is 8.36. The van der Waals surface area contributed by atoms with Gasteiger partial charge in [-0.1, -0.05) is 54.1 Å². The summed E-state index contributed by atoms with van der Waals surface area (Å²) in [7, 11) is 0. The van der Waals surface area contributed by atoms with Crippen LogP contribution in [0.1, 0.15) is 0 Å². The molecule has 0 bridgehead atoms. The van der Waals surface area contributed by atoms with Gasteiger partial charge in [0.2, 0.25) is 0 Å². The molecule has 17 heavy (non-hydrogen) atoms. The van der Waals surface area contributed by atoms with Crippen LogP contribution < -0.4 is 0 Å². The van der Waals surface area contributed by atoms with E-state index in [1.165, 1.54) is 0 Å². The predicted molar refractivity (Wildman–Crippen MR) is 72.2 cm³/mol. The Morgan fingerprint density at radius 1 is 0.765 bits per heavy atom. The lowest BCUT2D eigenvalue weighted by Gasteiger charge is -2.06. The number of hydrogen-bond acceptors (Lipinski definition) is 1. The Balaban J connectivity index is 2.35. The first-order valence-corrected chi connectivity index (χ1v) is 5.83. The molecule has 1 aromatic heterocycles. The number of rotatable bonds is 1. The van der Waals surface area contributed by atoms with E-state index in [9.17, 15) is 0 Å². The molecule has 1 nitrogen and oxygen atoms in total. The Morgan fingerprint density at radius 2 is 1.59 bits per heavy atom. The van der Waals surface area contributed by atoms with Gasteiger partial charge in [0.15, 0.2) is 0 Å². The molecular weight excluding hydrogens is 230 g/mol. The van der Waals surface area contributed by atoms with Crippen molar-refractivity contribution in [2.45, 2.75) is 0 Å². The van der Waals surface area contributed by atoms with Gasteiger partial charge in [0.25, 0.3) is 0 Å². The van der Waals surface area contributed by atoms with E-state index in [4.69, 9.17) is 11.6 Å². The van der Waals surface area contributed by atoms with E-state index < -0.39 is 0 Å². The third kappa shape index (κ3) is 1.79. The van der Waals surface area contributed by atoms with Crippen molar-refractivity contribution in [2.75, 3.05) is 0 Å². The Kier molecular flexibility index (Phi) is 2.54. The minimum Gasteiger partial charge on any atom is -0.256 e. The Bertz CT molecular complexity index is 662. The monoisotopic (exact) mass is 239 g/mol. The van der Waals surface area contributed by atoms with Crippen LogP contribution >= 0.6 is 11.6 Å². The summed E-state index contributed by atoms with van der Waals surface area (Å²) < 4.78 is 0. The van der Waals surface area contributed by atoms with Gasteiger partial charge in [0.05, 0.1) is 5.69 Å². The number of fused-ring (bicyclic) bond motifs is 1. The summed E-state index contributed by atoms with van der Waals surface area (Å²) in [6.07, 6.45) is 1.80. The molecule has 3 aromatic rings. The summed E-state index contributed by atoms with van der Waals surface area (Å²) in [5.74, 6) is 0. The topological polar surface area (TPSA) is 12.9 Å². The number of benzene rings is 2. The molecule has 0 spiro atoms. The highest BCUT2D eigenvalue weighted by Crippen LogP contribution is 2.30. The Morgan fingerprint density at radius 3 is 2.41 bits per heavy atom. The van der Waals surface area contributed by atoms with Crippen molar-refractivity contribution in [1.82, 2.24) is 4.98 Å². The molecule has 0 radical (unpaired) electrons. The van der Waals surface area contributed by atoms with Gasteiger partial charge < -0.3 is 0 Å². The summed E-state index contributed by atoms with van der Waals surface area (Å²) in [4.78, 5) is 4.46. The molecule has 2 aromatic carbocycles. The SMILES string of the molecule is Clc1cccc2c(-c3ccccc3)nccc12. The highest BCUT2D eigenvalue weighted by atomic mass is 35.5. The molecule has 0 aliphatic carbocycles. The van der Waals surface area contributed by atoms with Crippen molar-refractivity contribution in [3.63, 3.8) is 0 Å². The molecule has 0 unspecified atom stereocenters. The van der Waals surface area contributed by atoms with Crippen molar-refractivity contribution >= 4 is 22.4 Å². The van der Waals surface area contributed by atoms with E-state index in [0.717, 1.165) is 27.1 Å². The fourth-order valence-corrected chi connectivity index (χ4v) is 2.23. The Labute approximate surface area is 105 Å². The fraction of sp³-hybridized carbons (Fsp3) is 0. The van der Waals surface area contributed by atoms with E-state index >= 15 is 0 Å². The number of aromatic nitrogens is 1. The van der Waals surface area contributed by atoms with Crippen molar-refractivity contribution in [3.05, 3.63) is 65.8 Å². The molecule has 0 aliphatic rings. The van der Waals surface area contributed by atoms with E-state index in [1.54, 1.807) is 6.20 Å². The molecule has 0 N–H and O–H groups in total. The maximum absolute atomic E-state index is 6.19. The number of hydrogen-bond donors (Lipinski definition) is 0. The quantitative estimate of drug-likeness (QED) is 0.607. The molecule has 0 saturated carbocycles. The van der Waals surface area contributed by atoms with Crippen LogP contribution in [-0.4, -0.2) is 4.98 Å². The molecule has 3 rings (SSSR count). The molecule has 1 heterocycles. The maximum Gasteiger partial charge on any atom is 0.0780 e. The zero-order valence-electron chi connectivity index (χ0n) is 9.10. The second-order valence-corrected chi connectivity index (χ2v) is 4.27. The minimum atomic E-state index is 0.766. The summed E-state index contributed by atoms with van der Waals surface area (Å²) >= 11 is 6.19. The summed E-state index contributed by atoms with van der Waals surface area (Å²) in [5, 5.41) is 2.90. The summed E-state index contributed by atoms with van der Waals surface area (Å²) in [6.45, 7) is 0. The fourth-order valence-electron chi connectivity index (χ4n) is 1.99. The van der Waals surface area contributed by atoms with Crippen LogP contribution in [0.25, 0.3) is 22.0 Å². The van der Waals surface area contributed by atoms with Gasteiger partial charge in [0, 0.05) is 27.6 Å². The lowest BCUT2D eigenvalue weighted by atomic mass is 10.0. The molecule has 0 amide bonds. The standard InChI is InChI=1S/C15H10ClN/c16-14-8-4-7-13-12(14)9-10-17-15(13)11-5-2-1-3-6-11/h1-10H. The van der Waals surface area contributed by atoms with Crippen LogP contribution in [0.5, 0.6) is 0 Å². The van der Waals surface area contributed by atoms with E-state index in [1.807, 2.05) is 36.4 Å². The molecule has 0 atom stereocenters. The zero-order valence-corrected chi connectivity index (χ0v) is 9.85. The van der Waals surface area contributed by atoms with Crippen LogP contribution in [0.3, 0.4) is 0 Å². The third-order valence-corrected chi connectivity index (χ3v) is 3.13. The normalized spacial score (nSPS) is 10.6. The van der Waals surface area contributed by atoms with Gasteiger partial charge in [-0.25, -0.2) is 0 Å². The van der Waals surface area contributed by atoms with Gasteiger partial charge in [-0.05, 0) is 12.1 Å². The molecule has 82 valence electrons. The van der Waals surface area contributed by atoms with Gasteiger partial charge in [0.1, 0.15) is 0 Å². The predicted octanol–water partition coefficient (Wildman–Crippen LogP) is 4.56. The highest BCUT2D eigenvalue weighted by molar-refractivity contribution is 6.35. The largest absolute Gasteiger partial charge is 0.256 e. The average Bonchev–Trinajstić information content (AvgIpc) is 2.40. The second-order valence-electron chi connectivity index (χ2n) is 3.86. The summed E-state index contributed by atoms with van der Waals surface area (Å²) in [5.41, 5.74) is 2.09. The van der Waals surface area contributed by atoms with Crippen LogP contribution in [0.15, 0.2) is 60.8 Å². The number of nitrogens with zero attached hydrogens (tertiary/aromatic N) is 1. The van der Waals surface area contributed by atoms with Crippen LogP contribution in [-0.2, 0) is 0 Å². The second kappa shape index (κ2) is 4.19. The van der Waals surface area contributed by atoms with Crippen LogP contribution in [0, 0.1) is 0 Å². The smallest absolute Gasteiger partial charge is 0.0780 e. The molecule has 0 saturated heterocycles. The van der Waals surface area contributed by atoms with Crippen molar-refractivity contribution < 1.29 is 0 Å². The van der Waals surface area contributed by atoms with Crippen LogP contribution in [0.2, 0.25) is 5.02 Å². The lowest BCUT2D eigenvalue weighted by Crippen LogP contribution is -1.85. The minimum absolute atomic E-state index is 0.766. The highest BCUT2D eigenvalue weighted by Gasteiger charge is 2.06. The maximum atomic E-state index is 6.19. The van der Waals surface area contributed by atoms with E-state index in [0.29, 0.717) is 0 Å². The number of halogens is 1. The first-order valence-electron chi connectivity index (χ1n) is 5.45. The zero-order chi connectivity index (χ0) is 11.7.